The molecule has 3 atom stereocenters. The summed E-state index contributed by atoms with van der Waals surface area (Å²) in [4.78, 5) is 12.1. The zero-order valence-electron chi connectivity index (χ0n) is 17.5. The summed E-state index contributed by atoms with van der Waals surface area (Å²) in [7, 11) is 0. The van der Waals surface area contributed by atoms with Crippen LogP contribution in [0.3, 0.4) is 0 Å². The van der Waals surface area contributed by atoms with Gasteiger partial charge in [-0.2, -0.15) is 0 Å². The van der Waals surface area contributed by atoms with Crippen molar-refractivity contribution in [2.45, 2.75) is 58.3 Å². The molecule has 1 amide bonds. The van der Waals surface area contributed by atoms with E-state index in [0.29, 0.717) is 26.0 Å². The smallest absolute Gasteiger partial charge is 0.222 e. The summed E-state index contributed by atoms with van der Waals surface area (Å²) in [6, 6.07) is 17.3. The number of nitrogens with one attached hydrogen (secondary N) is 1. The second kappa shape index (κ2) is 12.2. The number of hydrogen-bond donors (Lipinski definition) is 3. The monoisotopic (exact) mass is 398 g/mol. The van der Waals surface area contributed by atoms with Crippen molar-refractivity contribution >= 4 is 5.91 Å². The summed E-state index contributed by atoms with van der Waals surface area (Å²) in [5.74, 6) is 0.478. The number of benzene rings is 2. The van der Waals surface area contributed by atoms with Crippen molar-refractivity contribution in [1.29, 1.82) is 0 Å². The van der Waals surface area contributed by atoms with Crippen LogP contribution in [0.2, 0.25) is 0 Å². The highest BCUT2D eigenvalue weighted by Crippen LogP contribution is 2.18. The van der Waals surface area contributed by atoms with Crippen molar-refractivity contribution in [3.8, 4) is 5.75 Å². The van der Waals surface area contributed by atoms with E-state index in [1.54, 1.807) is 0 Å². The van der Waals surface area contributed by atoms with Crippen LogP contribution >= 0.6 is 0 Å². The first-order valence-electron chi connectivity index (χ1n) is 10.5. The molecule has 0 fully saturated rings. The van der Waals surface area contributed by atoms with E-state index in [1.165, 1.54) is 0 Å². The predicted molar refractivity (Wildman–Crippen MR) is 117 cm³/mol. The predicted octanol–water partition coefficient (Wildman–Crippen LogP) is 3.44. The van der Waals surface area contributed by atoms with Gasteiger partial charge in [-0.15, -0.1) is 0 Å². The van der Waals surface area contributed by atoms with Gasteiger partial charge in [-0.1, -0.05) is 62.7 Å². The van der Waals surface area contributed by atoms with Crippen molar-refractivity contribution in [2.75, 3.05) is 6.54 Å². The minimum absolute atomic E-state index is 0.0268. The summed E-state index contributed by atoms with van der Waals surface area (Å²) in [5, 5.41) is 13.4. The average molecular weight is 399 g/mol. The minimum Gasteiger partial charge on any atom is -0.489 e. The lowest BCUT2D eigenvalue weighted by atomic mass is 9.94. The fourth-order valence-corrected chi connectivity index (χ4v) is 3.12. The molecule has 4 N–H and O–H groups in total. The number of aliphatic hydroxyl groups is 1. The fourth-order valence-electron chi connectivity index (χ4n) is 3.12. The molecule has 2 aromatic rings. The molecule has 5 heteroatoms. The molecule has 0 saturated heterocycles. The highest BCUT2D eigenvalue weighted by atomic mass is 16.5. The Bertz CT molecular complexity index is 736. The SMILES string of the molecule is CCCCNC(=O)[C@@H](C)C[C@@H](O)[C@@H](N)Cc1cccc(OCc2ccccc2)c1. The van der Waals surface area contributed by atoms with Gasteiger partial charge < -0.3 is 20.9 Å². The second-order valence-corrected chi connectivity index (χ2v) is 7.64. The Kier molecular flexibility index (Phi) is 9.68. The summed E-state index contributed by atoms with van der Waals surface area (Å²) in [6.45, 7) is 5.09. The third-order valence-corrected chi connectivity index (χ3v) is 4.98. The Morgan fingerprint density at radius 3 is 2.59 bits per heavy atom. The topological polar surface area (TPSA) is 84.6 Å². The zero-order chi connectivity index (χ0) is 21.1. The molecule has 0 saturated carbocycles. The van der Waals surface area contributed by atoms with Crippen molar-refractivity contribution < 1.29 is 14.6 Å². The normalized spacial score (nSPS) is 14.1. The van der Waals surface area contributed by atoms with E-state index < -0.39 is 12.1 Å². The Labute approximate surface area is 174 Å². The molecule has 0 aliphatic carbocycles. The number of amides is 1. The van der Waals surface area contributed by atoms with Crippen molar-refractivity contribution in [3.05, 3.63) is 65.7 Å². The van der Waals surface area contributed by atoms with Crippen molar-refractivity contribution in [1.82, 2.24) is 5.32 Å². The summed E-state index contributed by atoms with van der Waals surface area (Å²) >= 11 is 0. The molecule has 0 heterocycles. The number of unbranched alkanes of at least 4 members (excludes halogenated alkanes) is 1. The third kappa shape index (κ3) is 8.26. The third-order valence-electron chi connectivity index (χ3n) is 4.98. The van der Waals surface area contributed by atoms with Gasteiger partial charge >= 0.3 is 0 Å². The molecule has 0 aliphatic heterocycles. The van der Waals surface area contributed by atoms with Crippen LogP contribution in [0.1, 0.15) is 44.2 Å². The summed E-state index contributed by atoms with van der Waals surface area (Å²) in [5.41, 5.74) is 8.32. The molecule has 0 spiro atoms. The molecule has 0 aliphatic rings. The van der Waals surface area contributed by atoms with Crippen LogP contribution in [0, 0.1) is 5.92 Å². The Hall–Kier alpha value is -2.37. The summed E-state index contributed by atoms with van der Waals surface area (Å²) < 4.78 is 5.86. The average Bonchev–Trinajstić information content (AvgIpc) is 2.73. The maximum atomic E-state index is 12.1. The summed E-state index contributed by atoms with van der Waals surface area (Å²) in [6.07, 6.45) is 2.13. The largest absolute Gasteiger partial charge is 0.489 e. The van der Waals surface area contributed by atoms with E-state index in [1.807, 2.05) is 61.5 Å². The zero-order valence-corrected chi connectivity index (χ0v) is 17.5. The van der Waals surface area contributed by atoms with Gasteiger partial charge in [0.2, 0.25) is 5.91 Å². The lowest BCUT2D eigenvalue weighted by Crippen LogP contribution is -2.40. The first-order chi connectivity index (χ1) is 14.0. The highest BCUT2D eigenvalue weighted by Gasteiger charge is 2.22. The lowest BCUT2D eigenvalue weighted by molar-refractivity contribution is -0.125. The Balaban J connectivity index is 1.82. The first kappa shape index (κ1) is 22.9. The molecular formula is C24H34N2O3. The molecule has 2 rings (SSSR count). The maximum Gasteiger partial charge on any atom is 0.222 e. The molecule has 158 valence electrons. The number of ether oxygens (including phenoxy) is 1. The van der Waals surface area contributed by atoms with Crippen molar-refractivity contribution in [3.63, 3.8) is 0 Å². The molecule has 5 nitrogen and oxygen atoms in total. The van der Waals surface area contributed by atoms with Crippen LogP contribution in [-0.4, -0.2) is 29.7 Å². The number of nitrogens with two attached hydrogens (primary N) is 1. The van der Waals surface area contributed by atoms with Gasteiger partial charge in [0.1, 0.15) is 12.4 Å². The van der Waals surface area contributed by atoms with Crippen molar-refractivity contribution in [2.24, 2.45) is 11.7 Å². The molecular weight excluding hydrogens is 364 g/mol. The van der Waals surface area contributed by atoms with E-state index in [2.05, 4.69) is 12.2 Å². The standard InChI is InChI=1S/C24H34N2O3/c1-3-4-13-26-24(28)18(2)14-23(27)22(25)16-20-11-8-12-21(15-20)29-17-19-9-6-5-7-10-19/h5-12,15,18,22-23,27H,3-4,13-14,16-17,25H2,1-2H3,(H,26,28)/t18-,22-,23+/m0/s1. The molecule has 0 radical (unpaired) electrons. The van der Waals surface area contributed by atoms with Crippen LogP contribution in [0.25, 0.3) is 0 Å². The Morgan fingerprint density at radius 2 is 1.86 bits per heavy atom. The molecule has 0 bridgehead atoms. The number of rotatable bonds is 12. The van der Waals surface area contributed by atoms with E-state index in [0.717, 1.165) is 29.7 Å². The Morgan fingerprint density at radius 1 is 1.14 bits per heavy atom. The van der Waals surface area contributed by atoms with Gasteiger partial charge in [-0.3, -0.25) is 4.79 Å². The minimum atomic E-state index is -0.740. The van der Waals surface area contributed by atoms with Crippen LogP contribution in [0.5, 0.6) is 5.75 Å². The van der Waals surface area contributed by atoms with Crippen LogP contribution in [0.4, 0.5) is 0 Å². The highest BCUT2D eigenvalue weighted by molar-refractivity contribution is 5.78. The first-order valence-corrected chi connectivity index (χ1v) is 10.5. The molecule has 29 heavy (non-hydrogen) atoms. The van der Waals surface area contributed by atoms with E-state index in [9.17, 15) is 9.90 Å². The number of carbonyl (C=O) groups excluding carboxylic acids is 1. The van der Waals surface area contributed by atoms with E-state index >= 15 is 0 Å². The number of aliphatic hydroxyl groups excluding tert-OH is 1. The van der Waals surface area contributed by atoms with Gasteiger partial charge in [0, 0.05) is 18.5 Å². The second-order valence-electron chi connectivity index (χ2n) is 7.64. The van der Waals surface area contributed by atoms with Gasteiger partial charge in [-0.05, 0) is 42.5 Å². The quantitative estimate of drug-likeness (QED) is 0.478. The fraction of sp³-hybridized carbons (Fsp3) is 0.458. The van der Waals surface area contributed by atoms with E-state index in [-0.39, 0.29) is 11.8 Å². The van der Waals surface area contributed by atoms with Gasteiger partial charge in [0.05, 0.1) is 6.10 Å². The molecule has 0 unspecified atom stereocenters. The van der Waals surface area contributed by atoms with Crippen LogP contribution in [-0.2, 0) is 17.8 Å². The van der Waals surface area contributed by atoms with Gasteiger partial charge in [-0.25, -0.2) is 0 Å². The lowest BCUT2D eigenvalue weighted by Gasteiger charge is -2.22. The van der Waals surface area contributed by atoms with Crippen LogP contribution < -0.4 is 15.8 Å². The number of carbonyl (C=O) groups is 1. The van der Waals surface area contributed by atoms with E-state index in [4.69, 9.17) is 10.5 Å². The van der Waals surface area contributed by atoms with Gasteiger partial charge in [0.15, 0.2) is 0 Å². The number of hydrogen-bond acceptors (Lipinski definition) is 4. The van der Waals surface area contributed by atoms with Crippen LogP contribution in [0.15, 0.2) is 54.6 Å². The maximum absolute atomic E-state index is 12.1. The van der Waals surface area contributed by atoms with Gasteiger partial charge in [0.25, 0.3) is 0 Å². The molecule has 2 aromatic carbocycles. The molecule has 0 aromatic heterocycles.